The van der Waals surface area contributed by atoms with Crippen molar-refractivity contribution in [2.24, 2.45) is 10.7 Å². The third kappa shape index (κ3) is 9.43. The van der Waals surface area contributed by atoms with E-state index in [1.807, 2.05) is 0 Å². The smallest absolute Gasteiger partial charge is 0.416 e. The molecule has 0 spiro atoms. The zero-order valence-corrected chi connectivity index (χ0v) is 25.4. The molecular formula is C31H44F3N5O5. The topological polar surface area (TPSA) is 120 Å². The van der Waals surface area contributed by atoms with Crippen molar-refractivity contribution in [1.29, 1.82) is 0 Å². The van der Waals surface area contributed by atoms with E-state index in [1.165, 1.54) is 19.2 Å². The summed E-state index contributed by atoms with van der Waals surface area (Å²) < 4.78 is 61.1. The Bertz CT molecular complexity index is 1170. The summed E-state index contributed by atoms with van der Waals surface area (Å²) in [5, 5.41) is 6.88. The van der Waals surface area contributed by atoms with Crippen molar-refractivity contribution >= 4 is 11.9 Å². The molecule has 13 heteroatoms. The highest BCUT2D eigenvalue weighted by Crippen LogP contribution is 2.34. The number of piperidine rings is 1. The zero-order chi connectivity index (χ0) is 31.7. The second kappa shape index (κ2) is 15.7. The number of benzene rings is 1. The van der Waals surface area contributed by atoms with Gasteiger partial charge in [-0.3, -0.25) is 4.79 Å². The summed E-state index contributed by atoms with van der Waals surface area (Å²) in [5.74, 6) is -0.275. The summed E-state index contributed by atoms with van der Waals surface area (Å²) in [7, 11) is 3.07. The minimum atomic E-state index is -4.38. The van der Waals surface area contributed by atoms with Gasteiger partial charge >= 0.3 is 6.18 Å². The van der Waals surface area contributed by atoms with Gasteiger partial charge in [0.25, 0.3) is 11.9 Å². The largest absolute Gasteiger partial charge is 0.469 e. The van der Waals surface area contributed by atoms with Gasteiger partial charge in [-0.05, 0) is 62.3 Å². The molecule has 3 heterocycles. The number of carbonyl (C=O) groups excluding carboxylic acids is 1. The molecule has 1 aromatic carbocycles. The number of amidine groups is 1. The number of carbonyl (C=O) groups is 1. The van der Waals surface area contributed by atoms with Crippen LogP contribution in [0.2, 0.25) is 0 Å². The van der Waals surface area contributed by atoms with Crippen LogP contribution in [0.4, 0.5) is 13.2 Å². The number of likely N-dealkylation sites (tertiary alicyclic amines) is 1. The highest BCUT2D eigenvalue weighted by Gasteiger charge is 2.32. The summed E-state index contributed by atoms with van der Waals surface area (Å²) in [5.41, 5.74) is 6.39. The molecule has 1 amide bonds. The van der Waals surface area contributed by atoms with E-state index < -0.39 is 11.7 Å². The van der Waals surface area contributed by atoms with Gasteiger partial charge in [0.1, 0.15) is 5.70 Å². The van der Waals surface area contributed by atoms with E-state index in [2.05, 4.69) is 22.2 Å². The average Bonchev–Trinajstić information content (AvgIpc) is 3.03. The Morgan fingerprint density at radius 3 is 2.55 bits per heavy atom. The van der Waals surface area contributed by atoms with Crippen LogP contribution in [-0.2, 0) is 29.9 Å². The monoisotopic (exact) mass is 623 g/mol. The van der Waals surface area contributed by atoms with Gasteiger partial charge in [0.15, 0.2) is 0 Å². The van der Waals surface area contributed by atoms with Crippen molar-refractivity contribution in [3.8, 4) is 0 Å². The van der Waals surface area contributed by atoms with E-state index in [-0.39, 0.29) is 48.0 Å². The molecule has 4 rings (SSSR count). The first-order chi connectivity index (χ1) is 21.1. The molecule has 3 aliphatic rings. The lowest BCUT2D eigenvalue weighted by atomic mass is 9.97. The highest BCUT2D eigenvalue weighted by molar-refractivity contribution is 5.96. The normalized spacial score (nSPS) is 25.9. The van der Waals surface area contributed by atoms with Gasteiger partial charge in [-0.1, -0.05) is 18.7 Å². The van der Waals surface area contributed by atoms with Crippen LogP contribution >= 0.6 is 0 Å². The molecule has 0 aliphatic carbocycles. The number of alkyl halides is 3. The fourth-order valence-corrected chi connectivity index (χ4v) is 5.80. The first kappa shape index (κ1) is 33.8. The molecule has 0 aromatic heterocycles. The number of rotatable bonds is 10. The lowest BCUT2D eigenvalue weighted by Gasteiger charge is -2.38. The summed E-state index contributed by atoms with van der Waals surface area (Å²) in [6, 6.07) is 5.45. The second-order valence-corrected chi connectivity index (χ2v) is 11.4. The Morgan fingerprint density at radius 2 is 1.89 bits per heavy atom. The molecule has 1 aromatic rings. The first-order valence-corrected chi connectivity index (χ1v) is 15.1. The second-order valence-electron chi connectivity index (χ2n) is 11.4. The molecule has 0 radical (unpaired) electrons. The van der Waals surface area contributed by atoms with E-state index in [0.717, 1.165) is 50.7 Å². The molecule has 4 atom stereocenters. The first-order valence-electron chi connectivity index (χ1n) is 15.1. The minimum absolute atomic E-state index is 0.0116. The van der Waals surface area contributed by atoms with E-state index >= 15 is 0 Å². The molecule has 3 saturated heterocycles. The lowest BCUT2D eigenvalue weighted by Crippen LogP contribution is -2.54. The van der Waals surface area contributed by atoms with Crippen LogP contribution in [0.25, 0.3) is 0 Å². The number of nitrogens with two attached hydrogens (primary N) is 1. The molecule has 44 heavy (non-hydrogen) atoms. The van der Waals surface area contributed by atoms with Crippen molar-refractivity contribution in [3.05, 3.63) is 59.4 Å². The maximum atomic E-state index is 13.5. The molecule has 244 valence electrons. The molecule has 10 nitrogen and oxygen atoms in total. The van der Waals surface area contributed by atoms with Crippen LogP contribution in [0.5, 0.6) is 0 Å². The molecule has 0 saturated carbocycles. The van der Waals surface area contributed by atoms with Gasteiger partial charge in [-0.15, -0.1) is 0 Å². The van der Waals surface area contributed by atoms with Crippen molar-refractivity contribution < 1.29 is 36.9 Å². The van der Waals surface area contributed by atoms with Gasteiger partial charge in [0, 0.05) is 51.1 Å². The van der Waals surface area contributed by atoms with E-state index in [9.17, 15) is 18.0 Å². The van der Waals surface area contributed by atoms with Gasteiger partial charge in [-0.25, -0.2) is 0 Å². The number of methoxy groups -OCH3 is 2. The SMILES string of the molecule is C=C(/C=C(\N=C(N)OC)C(=O)N1CCC(N[C@H]2CCOC[C@H]2OC)CC1)NC[C@H]1CCC[C@@H](c2ccc(C(F)(F)F)cc2)O1. The third-order valence-electron chi connectivity index (χ3n) is 8.32. The Balaban J connectivity index is 1.31. The number of amides is 1. The number of hydrogen-bond acceptors (Lipinski definition) is 8. The van der Waals surface area contributed by atoms with E-state index in [1.54, 1.807) is 18.1 Å². The Hall–Kier alpha value is -3.13. The number of allylic oxidation sites excluding steroid dienone is 1. The quantitative estimate of drug-likeness (QED) is 0.157. The van der Waals surface area contributed by atoms with Crippen molar-refractivity contribution in [2.45, 2.75) is 75.1 Å². The molecule has 4 N–H and O–H groups in total. The number of halogens is 3. The average molecular weight is 624 g/mol. The van der Waals surface area contributed by atoms with Gasteiger partial charge < -0.3 is 40.2 Å². The summed E-state index contributed by atoms with van der Waals surface area (Å²) in [4.78, 5) is 19.4. The van der Waals surface area contributed by atoms with Crippen LogP contribution in [-0.4, -0.2) is 88.2 Å². The predicted molar refractivity (Wildman–Crippen MR) is 160 cm³/mol. The standard InChI is InChI=1S/C31H44F3N5O5/c1-20(36-18-24-5-4-6-27(44-24)21-7-9-22(10-8-21)31(32,33)34)17-26(38-30(35)42-3)29(40)39-14-11-23(12-15-39)37-25-13-16-43-19-28(25)41-2/h7-10,17,23-25,27-28,36-37H,1,4-6,11-16,18-19H2,2-3H3,(H2,35,38)/b26-17-/t24-,25+,27+,28-/m1/s1. The number of ether oxygens (including phenoxy) is 4. The summed E-state index contributed by atoms with van der Waals surface area (Å²) in [6.07, 6.45) is 1.51. The Morgan fingerprint density at radius 1 is 1.16 bits per heavy atom. The summed E-state index contributed by atoms with van der Waals surface area (Å²) in [6.45, 7) is 6.83. The maximum absolute atomic E-state index is 13.5. The van der Waals surface area contributed by atoms with Crippen LogP contribution in [0.15, 0.2) is 53.3 Å². The predicted octanol–water partition coefficient (Wildman–Crippen LogP) is 3.65. The lowest BCUT2D eigenvalue weighted by molar-refractivity contribution is -0.137. The van der Waals surface area contributed by atoms with Crippen LogP contribution < -0.4 is 16.4 Å². The van der Waals surface area contributed by atoms with Crippen molar-refractivity contribution in [1.82, 2.24) is 15.5 Å². The summed E-state index contributed by atoms with van der Waals surface area (Å²) >= 11 is 0. The fourth-order valence-electron chi connectivity index (χ4n) is 5.80. The van der Waals surface area contributed by atoms with Crippen molar-refractivity contribution in [3.63, 3.8) is 0 Å². The Labute approximate surface area is 256 Å². The van der Waals surface area contributed by atoms with E-state index in [0.29, 0.717) is 44.1 Å². The Kier molecular flexibility index (Phi) is 12.1. The molecule has 3 fully saturated rings. The fraction of sp³-hybridized carbons (Fsp3) is 0.613. The maximum Gasteiger partial charge on any atom is 0.416 e. The number of aliphatic imine (C=N–C) groups is 1. The zero-order valence-electron chi connectivity index (χ0n) is 25.4. The number of hydrogen-bond donors (Lipinski definition) is 3. The molecular weight excluding hydrogens is 579 g/mol. The third-order valence-corrected chi connectivity index (χ3v) is 8.32. The van der Waals surface area contributed by atoms with Crippen LogP contribution in [0, 0.1) is 0 Å². The molecule has 3 aliphatic heterocycles. The molecule has 0 unspecified atom stereocenters. The minimum Gasteiger partial charge on any atom is -0.469 e. The highest BCUT2D eigenvalue weighted by atomic mass is 19.4. The van der Waals surface area contributed by atoms with Gasteiger partial charge in [0.2, 0.25) is 0 Å². The van der Waals surface area contributed by atoms with E-state index in [4.69, 9.17) is 24.7 Å². The van der Waals surface area contributed by atoms with Crippen molar-refractivity contribution in [2.75, 3.05) is 47.1 Å². The van der Waals surface area contributed by atoms with Crippen LogP contribution in [0.3, 0.4) is 0 Å². The number of nitrogens with one attached hydrogen (secondary N) is 2. The van der Waals surface area contributed by atoms with Gasteiger partial charge in [0.05, 0.1) is 37.6 Å². The van der Waals surface area contributed by atoms with Crippen LogP contribution in [0.1, 0.15) is 55.8 Å². The number of nitrogens with zero attached hydrogens (tertiary/aromatic N) is 2. The molecule has 0 bridgehead atoms. The van der Waals surface area contributed by atoms with Gasteiger partial charge in [-0.2, -0.15) is 18.2 Å².